The van der Waals surface area contributed by atoms with E-state index in [-0.39, 0.29) is 0 Å². The number of carbonyl (C=O) groups is 1. The van der Waals surface area contributed by atoms with Gasteiger partial charge in [0.05, 0.1) is 25.4 Å². The predicted molar refractivity (Wildman–Crippen MR) is 177 cm³/mol. The second-order valence-electron chi connectivity index (χ2n) is 14.1. The lowest BCUT2D eigenvalue weighted by Crippen LogP contribution is -2.62. The molecular formula is C36H53NO12. The molecule has 1 aromatic rings. The molecule has 49 heavy (non-hydrogen) atoms. The van der Waals surface area contributed by atoms with E-state index in [1.807, 2.05) is 39.8 Å². The summed E-state index contributed by atoms with van der Waals surface area (Å²) in [5, 5.41) is 62.2. The Morgan fingerprint density at radius 3 is 2.02 bits per heavy atom. The van der Waals surface area contributed by atoms with Crippen LogP contribution in [0.5, 0.6) is 5.75 Å². The number of nitrogens with zero attached hydrogens (tertiary/aromatic N) is 1. The first kappa shape index (κ1) is 37.8. The summed E-state index contributed by atoms with van der Waals surface area (Å²) in [6, 6.07) is 3.90. The molecule has 0 aromatic heterocycles. The summed E-state index contributed by atoms with van der Waals surface area (Å²) in [6.45, 7) is 9.07. The van der Waals surface area contributed by atoms with E-state index in [0.717, 1.165) is 37.1 Å². The second-order valence-corrected chi connectivity index (χ2v) is 14.1. The van der Waals surface area contributed by atoms with E-state index in [1.54, 1.807) is 12.1 Å². The van der Waals surface area contributed by atoms with E-state index in [4.69, 9.17) is 23.7 Å². The monoisotopic (exact) mass is 691 g/mol. The quantitative estimate of drug-likeness (QED) is 0.127. The zero-order valence-electron chi connectivity index (χ0n) is 28.8. The van der Waals surface area contributed by atoms with Gasteiger partial charge < -0.3 is 54.3 Å². The molecule has 0 bridgehead atoms. The van der Waals surface area contributed by atoms with Gasteiger partial charge in [0.15, 0.2) is 12.4 Å². The fraction of sp³-hybridized carbons (Fsp3) is 0.694. The molecule has 0 spiro atoms. The lowest BCUT2D eigenvalue weighted by Gasteiger charge is -2.43. The molecule has 4 aliphatic heterocycles. The van der Waals surface area contributed by atoms with Gasteiger partial charge in [-0.25, -0.2) is 4.79 Å². The molecule has 4 aliphatic rings. The number of esters is 1. The minimum atomic E-state index is -1.67. The van der Waals surface area contributed by atoms with E-state index in [0.29, 0.717) is 53.8 Å². The Morgan fingerprint density at radius 1 is 0.837 bits per heavy atom. The summed E-state index contributed by atoms with van der Waals surface area (Å²) < 4.78 is 29.7. The van der Waals surface area contributed by atoms with E-state index in [9.17, 15) is 35.4 Å². The number of allylic oxidation sites excluding steroid dienone is 4. The standard InChI is InChI=1S/C36H53NO12/c1-19(2)7-9-21-14-24(34(44)45-18-23-11-13-37-12-5-6-25(23)37)15-22(10-8-20(3)4)32(21)48-36-33(30(42)28(40)26(16-38)47-36)49-35-31(43)29(41)27(17-39)46-35/h7-8,14-15,23,25-31,33,35-36,38-43H,5-6,9-13,16-18H2,1-4H3/t23?,25-,26-,27+,28-,29+,30+,31-,33-,35?,36-/m1/s1. The Kier molecular flexibility index (Phi) is 12.9. The molecule has 6 N–H and O–H groups in total. The number of benzene rings is 1. The van der Waals surface area contributed by atoms with Crippen molar-refractivity contribution in [3.8, 4) is 5.75 Å². The highest BCUT2D eigenvalue weighted by atomic mass is 16.8. The van der Waals surface area contributed by atoms with E-state index >= 15 is 0 Å². The third-order valence-corrected chi connectivity index (χ3v) is 9.96. The molecule has 11 atom stereocenters. The SMILES string of the molecule is CC(C)=CCc1cc(C(=O)OCC2CCN3CCC[C@H]23)cc(CC=C(C)C)c1O[C@H]1O[C@H](CO)[C@@H](O)[C@H](O)[C@H]1OC1O[C@@H](CO)[C@H](O)[C@H]1O. The van der Waals surface area contributed by atoms with Gasteiger partial charge in [0.2, 0.25) is 6.29 Å². The van der Waals surface area contributed by atoms with Crippen LogP contribution < -0.4 is 4.74 Å². The lowest BCUT2D eigenvalue weighted by molar-refractivity contribution is -0.320. The molecule has 13 nitrogen and oxygen atoms in total. The third kappa shape index (κ3) is 8.73. The molecule has 4 saturated heterocycles. The number of hydrogen-bond donors (Lipinski definition) is 6. The van der Waals surface area contributed by atoms with Crippen LogP contribution in [0.15, 0.2) is 35.4 Å². The van der Waals surface area contributed by atoms with Crippen LogP contribution in [0, 0.1) is 5.92 Å². The average Bonchev–Trinajstić information content (AvgIpc) is 3.77. The van der Waals surface area contributed by atoms with Gasteiger partial charge in [0, 0.05) is 12.0 Å². The lowest BCUT2D eigenvalue weighted by atomic mass is 9.96. The Bertz CT molecular complexity index is 1300. The highest BCUT2D eigenvalue weighted by molar-refractivity contribution is 5.90. The molecule has 0 saturated carbocycles. The van der Waals surface area contributed by atoms with Crippen LogP contribution in [0.4, 0.5) is 0 Å². The van der Waals surface area contributed by atoms with Crippen molar-refractivity contribution in [3.63, 3.8) is 0 Å². The van der Waals surface area contributed by atoms with Crippen molar-refractivity contribution in [2.45, 2.75) is 121 Å². The first-order chi connectivity index (χ1) is 23.4. The molecule has 13 heteroatoms. The van der Waals surface area contributed by atoms with Gasteiger partial charge >= 0.3 is 5.97 Å². The van der Waals surface area contributed by atoms with Crippen molar-refractivity contribution in [2.75, 3.05) is 32.9 Å². The molecule has 2 unspecified atom stereocenters. The van der Waals surface area contributed by atoms with Crippen LogP contribution in [0.2, 0.25) is 0 Å². The van der Waals surface area contributed by atoms with Gasteiger partial charge in [0.25, 0.3) is 0 Å². The highest BCUT2D eigenvalue weighted by Gasteiger charge is 2.51. The molecule has 0 radical (unpaired) electrons. The van der Waals surface area contributed by atoms with Gasteiger partial charge in [-0.3, -0.25) is 4.90 Å². The summed E-state index contributed by atoms with van der Waals surface area (Å²) in [5.41, 5.74) is 3.70. The third-order valence-electron chi connectivity index (χ3n) is 9.96. The van der Waals surface area contributed by atoms with Crippen LogP contribution in [0.1, 0.15) is 68.4 Å². The van der Waals surface area contributed by atoms with Crippen molar-refractivity contribution in [2.24, 2.45) is 5.92 Å². The van der Waals surface area contributed by atoms with Crippen LogP contribution >= 0.6 is 0 Å². The van der Waals surface area contributed by atoms with Gasteiger partial charge in [-0.1, -0.05) is 23.3 Å². The predicted octanol–water partition coefficient (Wildman–Crippen LogP) is 0.987. The number of rotatable bonds is 13. The highest BCUT2D eigenvalue weighted by Crippen LogP contribution is 2.36. The number of ether oxygens (including phenoxy) is 5. The molecule has 4 fully saturated rings. The number of aliphatic hydroxyl groups excluding tert-OH is 6. The normalized spacial score (nSPS) is 34.4. The van der Waals surface area contributed by atoms with Gasteiger partial charge in [-0.2, -0.15) is 0 Å². The van der Waals surface area contributed by atoms with Gasteiger partial charge in [-0.05, 0) is 96.1 Å². The number of carbonyl (C=O) groups excluding carboxylic acids is 1. The zero-order valence-corrected chi connectivity index (χ0v) is 28.8. The smallest absolute Gasteiger partial charge is 0.338 e. The van der Waals surface area contributed by atoms with Crippen LogP contribution in [0.25, 0.3) is 0 Å². The first-order valence-electron chi connectivity index (χ1n) is 17.3. The summed E-state index contributed by atoms with van der Waals surface area (Å²) in [7, 11) is 0. The Balaban J connectivity index is 1.47. The van der Waals surface area contributed by atoms with Crippen LogP contribution in [0.3, 0.4) is 0 Å². The Morgan fingerprint density at radius 2 is 1.43 bits per heavy atom. The number of fused-ring (bicyclic) bond motifs is 1. The maximum Gasteiger partial charge on any atom is 0.338 e. The largest absolute Gasteiger partial charge is 0.462 e. The Labute approximate surface area is 287 Å². The average molecular weight is 692 g/mol. The number of aliphatic hydroxyl groups is 6. The van der Waals surface area contributed by atoms with Crippen LogP contribution in [-0.4, -0.2) is 136 Å². The topological polar surface area (TPSA) is 188 Å². The second kappa shape index (κ2) is 16.7. The van der Waals surface area contributed by atoms with E-state index in [2.05, 4.69) is 4.90 Å². The fourth-order valence-corrected chi connectivity index (χ4v) is 7.15. The van der Waals surface area contributed by atoms with Crippen molar-refractivity contribution >= 4 is 5.97 Å². The van der Waals surface area contributed by atoms with Crippen LogP contribution in [-0.2, 0) is 31.8 Å². The molecule has 1 aromatic carbocycles. The maximum absolute atomic E-state index is 13.6. The molecule has 274 valence electrons. The summed E-state index contributed by atoms with van der Waals surface area (Å²) in [6.07, 6.45) is -5.06. The summed E-state index contributed by atoms with van der Waals surface area (Å²) in [4.78, 5) is 16.1. The maximum atomic E-state index is 13.6. The first-order valence-corrected chi connectivity index (χ1v) is 17.3. The van der Waals surface area contributed by atoms with Crippen molar-refractivity contribution in [3.05, 3.63) is 52.1 Å². The molecule has 0 aliphatic carbocycles. The zero-order chi connectivity index (χ0) is 35.4. The van der Waals surface area contributed by atoms with E-state index in [1.165, 1.54) is 6.42 Å². The fourth-order valence-electron chi connectivity index (χ4n) is 7.15. The molecular weight excluding hydrogens is 638 g/mol. The number of hydrogen-bond acceptors (Lipinski definition) is 13. The van der Waals surface area contributed by atoms with E-state index < -0.39 is 74.5 Å². The van der Waals surface area contributed by atoms with Gasteiger partial charge in [0.1, 0.15) is 42.4 Å². The minimum absolute atomic E-state index is 0.308. The minimum Gasteiger partial charge on any atom is -0.462 e. The van der Waals surface area contributed by atoms with Gasteiger partial charge in [-0.15, -0.1) is 0 Å². The van der Waals surface area contributed by atoms with Crippen molar-refractivity contribution < 1.29 is 59.1 Å². The molecule has 0 amide bonds. The van der Waals surface area contributed by atoms with Crippen molar-refractivity contribution in [1.29, 1.82) is 0 Å². The summed E-state index contributed by atoms with van der Waals surface area (Å²) in [5.74, 6) is 0.226. The summed E-state index contributed by atoms with van der Waals surface area (Å²) >= 11 is 0. The van der Waals surface area contributed by atoms with Crippen molar-refractivity contribution in [1.82, 2.24) is 4.90 Å². The molecule has 5 rings (SSSR count). The molecule has 4 heterocycles. The Hall–Kier alpha value is -2.43.